The molecule has 0 atom stereocenters. The summed E-state index contributed by atoms with van der Waals surface area (Å²) in [4.78, 5) is 13.9. The van der Waals surface area contributed by atoms with Gasteiger partial charge < -0.3 is 10.2 Å². The van der Waals surface area contributed by atoms with Gasteiger partial charge in [-0.25, -0.2) is 13.2 Å². The molecular formula is C17H26N2O3S. The van der Waals surface area contributed by atoms with Gasteiger partial charge in [0.1, 0.15) is 0 Å². The SMILES string of the molecule is Cc1ccc(NC(=O)N2CCC(S(=O)(=O)CC(C)C)CC2)cc1. The molecule has 1 fully saturated rings. The second kappa shape index (κ2) is 7.34. The van der Waals surface area contributed by atoms with Crippen molar-refractivity contribution in [3.8, 4) is 0 Å². The summed E-state index contributed by atoms with van der Waals surface area (Å²) in [5, 5.41) is 2.55. The molecule has 0 unspecified atom stereocenters. The van der Waals surface area contributed by atoms with Gasteiger partial charge in [0.15, 0.2) is 9.84 Å². The van der Waals surface area contributed by atoms with Gasteiger partial charge in [-0.2, -0.15) is 0 Å². The Balaban J connectivity index is 1.88. The highest BCUT2D eigenvalue weighted by atomic mass is 32.2. The van der Waals surface area contributed by atoms with Crippen molar-refractivity contribution in [2.45, 2.75) is 38.9 Å². The summed E-state index contributed by atoms with van der Waals surface area (Å²) in [5.41, 5.74) is 1.90. The Hall–Kier alpha value is -1.56. The second-order valence-electron chi connectivity index (χ2n) is 6.71. The molecule has 1 aromatic rings. The van der Waals surface area contributed by atoms with Crippen LogP contribution in [-0.2, 0) is 9.84 Å². The smallest absolute Gasteiger partial charge is 0.321 e. The molecule has 1 N–H and O–H groups in total. The topological polar surface area (TPSA) is 66.5 Å². The molecule has 6 heteroatoms. The Kier molecular flexibility index (Phi) is 5.68. The van der Waals surface area contributed by atoms with Gasteiger partial charge in [-0.15, -0.1) is 0 Å². The minimum absolute atomic E-state index is 0.142. The fourth-order valence-corrected chi connectivity index (χ4v) is 4.99. The number of anilines is 1. The van der Waals surface area contributed by atoms with Crippen LogP contribution in [-0.4, -0.2) is 43.4 Å². The Labute approximate surface area is 139 Å². The van der Waals surface area contributed by atoms with E-state index in [2.05, 4.69) is 5.32 Å². The van der Waals surface area contributed by atoms with Gasteiger partial charge in [-0.1, -0.05) is 31.5 Å². The van der Waals surface area contributed by atoms with Crippen molar-refractivity contribution >= 4 is 21.6 Å². The predicted molar refractivity (Wildman–Crippen MR) is 93.4 cm³/mol. The van der Waals surface area contributed by atoms with Gasteiger partial charge in [0.25, 0.3) is 0 Å². The summed E-state index contributed by atoms with van der Waals surface area (Å²) in [6.07, 6.45) is 1.05. The van der Waals surface area contributed by atoms with Crippen LogP contribution < -0.4 is 5.32 Å². The lowest BCUT2D eigenvalue weighted by atomic mass is 10.1. The van der Waals surface area contributed by atoms with E-state index < -0.39 is 9.84 Å². The Bertz CT molecular complexity index is 630. The Morgan fingerprint density at radius 3 is 2.30 bits per heavy atom. The van der Waals surface area contributed by atoms with Crippen molar-refractivity contribution in [3.05, 3.63) is 29.8 Å². The molecule has 2 rings (SSSR count). The molecule has 0 aliphatic carbocycles. The highest BCUT2D eigenvalue weighted by molar-refractivity contribution is 7.92. The fourth-order valence-electron chi connectivity index (χ4n) is 2.86. The van der Waals surface area contributed by atoms with E-state index in [0.29, 0.717) is 25.9 Å². The summed E-state index contributed by atoms with van der Waals surface area (Å²) in [6, 6.07) is 7.47. The fraction of sp³-hybridized carbons (Fsp3) is 0.588. The molecule has 5 nitrogen and oxygen atoms in total. The summed E-state index contributed by atoms with van der Waals surface area (Å²) in [6.45, 7) is 6.80. The number of nitrogens with one attached hydrogen (secondary N) is 1. The standard InChI is InChI=1S/C17H26N2O3S/c1-13(2)12-23(21,22)16-8-10-19(11-9-16)17(20)18-15-6-4-14(3)5-7-15/h4-7,13,16H,8-12H2,1-3H3,(H,18,20). The van der Waals surface area contributed by atoms with Gasteiger partial charge in [0.05, 0.1) is 11.0 Å². The molecule has 0 bridgehead atoms. The first-order chi connectivity index (χ1) is 10.8. The van der Waals surface area contributed by atoms with E-state index in [1.807, 2.05) is 45.0 Å². The van der Waals surface area contributed by atoms with Crippen molar-refractivity contribution in [3.63, 3.8) is 0 Å². The quantitative estimate of drug-likeness (QED) is 0.917. The lowest BCUT2D eigenvalue weighted by molar-refractivity contribution is 0.200. The summed E-state index contributed by atoms with van der Waals surface area (Å²) in [5.74, 6) is 0.371. The third-order valence-corrected chi connectivity index (χ3v) is 6.72. The van der Waals surface area contributed by atoms with Crippen molar-refractivity contribution in [1.82, 2.24) is 4.90 Å². The molecule has 0 aromatic heterocycles. The first-order valence-corrected chi connectivity index (χ1v) is 9.83. The van der Waals surface area contributed by atoms with Crippen LogP contribution >= 0.6 is 0 Å². The number of hydrogen-bond donors (Lipinski definition) is 1. The van der Waals surface area contributed by atoms with Crippen LogP contribution in [0.1, 0.15) is 32.3 Å². The number of piperidine rings is 1. The molecular weight excluding hydrogens is 312 g/mol. The number of urea groups is 1. The first kappa shape index (κ1) is 17.8. The number of rotatable bonds is 4. The van der Waals surface area contributed by atoms with Crippen LogP contribution in [0.2, 0.25) is 0 Å². The highest BCUT2D eigenvalue weighted by Crippen LogP contribution is 2.21. The maximum absolute atomic E-state index is 12.3. The lowest BCUT2D eigenvalue weighted by Crippen LogP contribution is -2.45. The maximum atomic E-state index is 12.3. The van der Waals surface area contributed by atoms with Gasteiger partial charge >= 0.3 is 6.03 Å². The van der Waals surface area contributed by atoms with Crippen molar-refractivity contribution in [1.29, 1.82) is 0 Å². The van der Waals surface area contributed by atoms with E-state index in [4.69, 9.17) is 0 Å². The summed E-state index contributed by atoms with van der Waals surface area (Å²) < 4.78 is 24.6. The molecule has 1 heterocycles. The molecule has 0 saturated carbocycles. The number of carbonyl (C=O) groups excluding carboxylic acids is 1. The lowest BCUT2D eigenvalue weighted by Gasteiger charge is -2.32. The van der Waals surface area contributed by atoms with E-state index in [0.717, 1.165) is 11.3 Å². The number of aryl methyl sites for hydroxylation is 1. The summed E-state index contributed by atoms with van der Waals surface area (Å²) >= 11 is 0. The van der Waals surface area contributed by atoms with Gasteiger partial charge in [0, 0.05) is 18.8 Å². The average Bonchev–Trinajstić information content (AvgIpc) is 2.48. The van der Waals surface area contributed by atoms with Crippen LogP contribution in [0, 0.1) is 12.8 Å². The number of carbonyl (C=O) groups is 1. The van der Waals surface area contributed by atoms with E-state index in [-0.39, 0.29) is 23.0 Å². The third-order valence-electron chi connectivity index (χ3n) is 4.11. The Morgan fingerprint density at radius 2 is 1.78 bits per heavy atom. The monoisotopic (exact) mass is 338 g/mol. The predicted octanol–water partition coefficient (Wildman–Crippen LogP) is 3.06. The number of sulfone groups is 1. The molecule has 1 aliphatic rings. The number of hydrogen-bond acceptors (Lipinski definition) is 3. The van der Waals surface area contributed by atoms with E-state index >= 15 is 0 Å². The minimum Gasteiger partial charge on any atom is -0.324 e. The van der Waals surface area contributed by atoms with Gasteiger partial charge in [0.2, 0.25) is 0 Å². The largest absolute Gasteiger partial charge is 0.324 e. The molecule has 1 saturated heterocycles. The van der Waals surface area contributed by atoms with Crippen LogP contribution in [0.3, 0.4) is 0 Å². The normalized spacial score (nSPS) is 16.6. The van der Waals surface area contributed by atoms with Gasteiger partial charge in [-0.3, -0.25) is 0 Å². The van der Waals surface area contributed by atoms with Crippen LogP contribution in [0.5, 0.6) is 0 Å². The molecule has 2 amide bonds. The summed E-state index contributed by atoms with van der Waals surface area (Å²) in [7, 11) is -3.05. The molecule has 0 radical (unpaired) electrons. The van der Waals surface area contributed by atoms with E-state index in [1.165, 1.54) is 0 Å². The van der Waals surface area contributed by atoms with Crippen LogP contribution in [0.25, 0.3) is 0 Å². The van der Waals surface area contributed by atoms with E-state index in [1.54, 1.807) is 4.90 Å². The zero-order valence-corrected chi connectivity index (χ0v) is 14.9. The molecule has 1 aromatic carbocycles. The molecule has 1 aliphatic heterocycles. The third kappa shape index (κ3) is 4.96. The van der Waals surface area contributed by atoms with Crippen LogP contribution in [0.4, 0.5) is 10.5 Å². The molecule has 128 valence electrons. The molecule has 0 spiro atoms. The number of likely N-dealkylation sites (tertiary alicyclic amines) is 1. The number of nitrogens with zero attached hydrogens (tertiary/aromatic N) is 1. The first-order valence-electron chi connectivity index (χ1n) is 8.12. The number of amides is 2. The number of benzene rings is 1. The Morgan fingerprint density at radius 1 is 1.22 bits per heavy atom. The average molecular weight is 338 g/mol. The zero-order valence-electron chi connectivity index (χ0n) is 14.1. The highest BCUT2D eigenvalue weighted by Gasteiger charge is 2.31. The minimum atomic E-state index is -3.05. The van der Waals surface area contributed by atoms with Crippen molar-refractivity contribution in [2.24, 2.45) is 5.92 Å². The van der Waals surface area contributed by atoms with Gasteiger partial charge in [-0.05, 0) is 37.8 Å². The van der Waals surface area contributed by atoms with Crippen molar-refractivity contribution in [2.75, 3.05) is 24.2 Å². The maximum Gasteiger partial charge on any atom is 0.321 e. The van der Waals surface area contributed by atoms with E-state index in [9.17, 15) is 13.2 Å². The second-order valence-corrected chi connectivity index (χ2v) is 9.03. The van der Waals surface area contributed by atoms with Crippen molar-refractivity contribution < 1.29 is 13.2 Å². The zero-order chi connectivity index (χ0) is 17.0. The molecule has 23 heavy (non-hydrogen) atoms. The van der Waals surface area contributed by atoms with Crippen LogP contribution in [0.15, 0.2) is 24.3 Å².